The Bertz CT molecular complexity index is 2730. The average Bonchev–Trinajstić information content (AvgIpc) is 3.32. The summed E-state index contributed by atoms with van der Waals surface area (Å²) in [5, 5.41) is 40.1. The van der Waals surface area contributed by atoms with Crippen molar-refractivity contribution in [1.29, 1.82) is 0 Å². The van der Waals surface area contributed by atoms with E-state index in [-0.39, 0.29) is 83.7 Å². The number of rotatable bonds is 23. The van der Waals surface area contributed by atoms with Crippen molar-refractivity contribution < 1.29 is 66.5 Å². The molecular formula is C54H54Cl2F4N2O10. The third kappa shape index (κ3) is 12.8. The first kappa shape index (κ1) is 54.9. The number of carboxylic acids is 2. The van der Waals surface area contributed by atoms with Crippen molar-refractivity contribution in [3.05, 3.63) is 175 Å². The molecule has 1 unspecified atom stereocenters. The maximum atomic E-state index is 14.1. The Kier molecular flexibility index (Phi) is 17.9. The van der Waals surface area contributed by atoms with E-state index in [0.29, 0.717) is 11.1 Å². The van der Waals surface area contributed by atoms with Gasteiger partial charge in [-0.25, -0.2) is 17.6 Å². The third-order valence-corrected chi connectivity index (χ3v) is 13.4. The predicted octanol–water partition coefficient (Wildman–Crippen LogP) is 10.7. The lowest BCUT2D eigenvalue weighted by Crippen LogP contribution is -2.52. The van der Waals surface area contributed by atoms with E-state index >= 15 is 0 Å². The standard InChI is InChI=1S/C54H54Cl2F4N2O10/c1-31-35(27-71-49-21-47(69-25-33-13-39(57)19-40(58)14-33)37(17-45(49)55)23-61(5)53(3,29-63)51(65)66)9-7-11-43(31)44-12-8-10-36(32(44)2)28-72-50-22-48(70-26-34-15-41(59)20-42(60)16-34)38(18-46(50)56)24-62(6)54(4,30-64)52(67)68/h7-22,63-64H,23-30H2,1-6H3,(H,65,66)(H,67,68)/t53-,54?/m0/s1. The molecule has 0 saturated carbocycles. The second-order valence-electron chi connectivity index (χ2n) is 17.9. The average molecular weight is 1040 g/mol. The van der Waals surface area contributed by atoms with E-state index in [9.17, 15) is 47.6 Å². The molecular weight excluding hydrogens is 983 g/mol. The number of aliphatic carboxylic acids is 2. The lowest BCUT2D eigenvalue weighted by Gasteiger charge is -2.33. The van der Waals surface area contributed by atoms with E-state index in [1.54, 1.807) is 12.1 Å². The fourth-order valence-electron chi connectivity index (χ4n) is 7.74. The molecule has 6 aromatic carbocycles. The molecule has 0 aliphatic carbocycles. The van der Waals surface area contributed by atoms with Crippen LogP contribution in [-0.2, 0) is 49.1 Å². The summed E-state index contributed by atoms with van der Waals surface area (Å²) in [5.74, 6) is -4.83. The van der Waals surface area contributed by atoms with Crippen LogP contribution >= 0.6 is 23.2 Å². The number of hydrogen-bond donors (Lipinski definition) is 4. The highest BCUT2D eigenvalue weighted by Crippen LogP contribution is 2.39. The van der Waals surface area contributed by atoms with Crippen molar-refractivity contribution in [2.45, 2.75) is 78.3 Å². The zero-order valence-electron chi connectivity index (χ0n) is 40.3. The zero-order chi connectivity index (χ0) is 52.7. The summed E-state index contributed by atoms with van der Waals surface area (Å²) in [6, 6.07) is 23.6. The van der Waals surface area contributed by atoms with Crippen LogP contribution in [-0.4, -0.2) is 80.6 Å². The first-order valence-electron chi connectivity index (χ1n) is 22.4. The summed E-state index contributed by atoms with van der Waals surface area (Å²) in [7, 11) is 3.03. The Morgan fingerprint density at radius 1 is 0.514 bits per heavy atom. The van der Waals surface area contributed by atoms with Gasteiger partial charge in [0.25, 0.3) is 0 Å². The highest BCUT2D eigenvalue weighted by molar-refractivity contribution is 6.32. The van der Waals surface area contributed by atoms with E-state index in [2.05, 4.69) is 0 Å². The molecule has 0 aromatic heterocycles. The van der Waals surface area contributed by atoms with Gasteiger partial charge in [0.05, 0.1) is 23.3 Å². The van der Waals surface area contributed by atoms with Crippen molar-refractivity contribution in [1.82, 2.24) is 9.80 Å². The quantitative estimate of drug-likeness (QED) is 0.0451. The number of aliphatic hydroxyl groups excluding tert-OH is 2. The number of carbonyl (C=O) groups is 2. The summed E-state index contributed by atoms with van der Waals surface area (Å²) in [6.07, 6.45) is 0. The van der Waals surface area contributed by atoms with Crippen LogP contribution < -0.4 is 18.9 Å². The predicted molar refractivity (Wildman–Crippen MR) is 263 cm³/mol. The number of benzene rings is 6. The van der Waals surface area contributed by atoms with E-state index in [4.69, 9.17) is 42.1 Å². The summed E-state index contributed by atoms with van der Waals surface area (Å²) >= 11 is 13.6. The lowest BCUT2D eigenvalue weighted by molar-refractivity contribution is -0.153. The molecule has 0 spiro atoms. The second-order valence-corrected chi connectivity index (χ2v) is 18.7. The van der Waals surface area contributed by atoms with Gasteiger partial charge in [-0.2, -0.15) is 0 Å². The SMILES string of the molecule is Cc1c(COc2cc(OCc3cc(F)cc(F)c3)c(CN(C)C(C)(CO)C(=O)O)cc2Cl)cccc1-c1cccc(COc2cc(OCc3cc(F)cc(F)c3)c(CN(C)[C@@](C)(CO)C(=O)O)cc2Cl)c1C. The summed E-state index contributed by atoms with van der Waals surface area (Å²) in [4.78, 5) is 27.1. The van der Waals surface area contributed by atoms with E-state index in [0.717, 1.165) is 69.8 Å². The molecule has 72 heavy (non-hydrogen) atoms. The first-order valence-corrected chi connectivity index (χ1v) is 23.2. The number of aliphatic hydroxyl groups is 2. The van der Waals surface area contributed by atoms with Gasteiger partial charge in [-0.15, -0.1) is 0 Å². The van der Waals surface area contributed by atoms with Gasteiger partial charge in [-0.3, -0.25) is 19.4 Å². The maximum Gasteiger partial charge on any atom is 0.326 e. The molecule has 0 amide bonds. The monoisotopic (exact) mass is 1040 g/mol. The normalized spacial score (nSPS) is 13.2. The van der Waals surface area contributed by atoms with Crippen LogP contribution in [0.3, 0.4) is 0 Å². The van der Waals surface area contributed by atoms with Gasteiger partial charge in [-0.05, 0) is 123 Å². The minimum atomic E-state index is -1.66. The van der Waals surface area contributed by atoms with Crippen LogP contribution in [0.25, 0.3) is 11.1 Å². The van der Waals surface area contributed by atoms with Gasteiger partial charge in [0.1, 0.15) is 83.8 Å². The molecule has 0 saturated heterocycles. The van der Waals surface area contributed by atoms with E-state index in [1.165, 1.54) is 49.9 Å². The lowest BCUT2D eigenvalue weighted by atomic mass is 9.92. The smallest absolute Gasteiger partial charge is 0.326 e. The minimum Gasteiger partial charge on any atom is -0.488 e. The fraction of sp³-hybridized carbons (Fsp3) is 0.296. The fourth-order valence-corrected chi connectivity index (χ4v) is 8.22. The summed E-state index contributed by atoms with van der Waals surface area (Å²) in [5.41, 5.74) is 3.10. The van der Waals surface area contributed by atoms with Gasteiger partial charge < -0.3 is 39.4 Å². The molecule has 18 heteroatoms. The van der Waals surface area contributed by atoms with Crippen LogP contribution in [0.4, 0.5) is 17.6 Å². The molecule has 382 valence electrons. The number of nitrogens with zero attached hydrogens (tertiary/aromatic N) is 2. The largest absolute Gasteiger partial charge is 0.488 e. The topological polar surface area (TPSA) is 158 Å². The number of halogens is 6. The minimum absolute atomic E-state index is 0.0451. The molecule has 2 atom stereocenters. The number of ether oxygens (including phenoxy) is 4. The molecule has 6 rings (SSSR count). The van der Waals surface area contributed by atoms with E-state index in [1.807, 2.05) is 50.2 Å². The highest BCUT2D eigenvalue weighted by Gasteiger charge is 2.38. The second kappa shape index (κ2) is 23.4. The Balaban J connectivity index is 1.24. The van der Waals surface area contributed by atoms with Crippen LogP contribution in [0, 0.1) is 37.1 Å². The zero-order valence-corrected chi connectivity index (χ0v) is 41.8. The van der Waals surface area contributed by atoms with Crippen molar-refractivity contribution >= 4 is 35.1 Å². The molecule has 4 N–H and O–H groups in total. The molecule has 0 fully saturated rings. The Labute approximate surface area is 424 Å². The van der Waals surface area contributed by atoms with Crippen LogP contribution in [0.15, 0.2) is 97.1 Å². The van der Waals surface area contributed by atoms with Gasteiger partial charge in [0.2, 0.25) is 0 Å². The first-order chi connectivity index (χ1) is 34.1. The van der Waals surface area contributed by atoms with Crippen LogP contribution in [0.2, 0.25) is 10.0 Å². The number of likely N-dealkylation sites (N-methyl/N-ethyl adjacent to an activating group) is 2. The van der Waals surface area contributed by atoms with E-state index < -0.39 is 59.5 Å². The molecule has 0 heterocycles. The van der Waals surface area contributed by atoms with Gasteiger partial charge in [0, 0.05) is 48.5 Å². The van der Waals surface area contributed by atoms with Gasteiger partial charge >= 0.3 is 11.9 Å². The number of carboxylic acid groups (broad SMARTS) is 2. The third-order valence-electron chi connectivity index (χ3n) is 12.8. The molecule has 0 aliphatic heterocycles. The number of hydrogen-bond acceptors (Lipinski definition) is 10. The van der Waals surface area contributed by atoms with Gasteiger partial charge in [0.15, 0.2) is 0 Å². The Morgan fingerprint density at radius 3 is 1.17 bits per heavy atom. The van der Waals surface area contributed by atoms with Gasteiger partial charge in [-0.1, -0.05) is 59.6 Å². The van der Waals surface area contributed by atoms with Crippen molar-refractivity contribution in [3.8, 4) is 34.1 Å². The van der Waals surface area contributed by atoms with Crippen molar-refractivity contribution in [2.24, 2.45) is 0 Å². The molecule has 6 aromatic rings. The summed E-state index contributed by atoms with van der Waals surface area (Å²) < 4.78 is 81.0. The van der Waals surface area contributed by atoms with Crippen LogP contribution in [0.1, 0.15) is 58.4 Å². The summed E-state index contributed by atoms with van der Waals surface area (Å²) in [6.45, 7) is 4.76. The molecule has 12 nitrogen and oxygen atoms in total. The Morgan fingerprint density at radius 2 is 0.847 bits per heavy atom. The Hall–Kier alpha value is -6.40. The van der Waals surface area contributed by atoms with Crippen LogP contribution in [0.5, 0.6) is 23.0 Å². The highest BCUT2D eigenvalue weighted by atomic mass is 35.5. The maximum absolute atomic E-state index is 14.1. The van der Waals surface area contributed by atoms with Crippen molar-refractivity contribution in [3.63, 3.8) is 0 Å². The molecule has 0 aliphatic rings. The molecule has 0 bridgehead atoms. The van der Waals surface area contributed by atoms with Crippen molar-refractivity contribution in [2.75, 3.05) is 27.3 Å². The molecule has 0 radical (unpaired) electrons.